The highest BCUT2D eigenvalue weighted by Crippen LogP contribution is 2.16. The molecule has 1 aliphatic rings. The molecular formula is C17H27N3O2. The molecule has 1 fully saturated rings. The van der Waals surface area contributed by atoms with Crippen LogP contribution in [0.1, 0.15) is 32.3 Å². The highest BCUT2D eigenvalue weighted by atomic mass is 16.5. The zero-order valence-electron chi connectivity index (χ0n) is 13.6. The molecule has 0 aromatic heterocycles. The number of carbonyl (C=O) groups is 1. The Labute approximate surface area is 132 Å². The third-order valence-corrected chi connectivity index (χ3v) is 4.01. The van der Waals surface area contributed by atoms with E-state index in [1.54, 1.807) is 6.92 Å². The van der Waals surface area contributed by atoms with Crippen molar-refractivity contribution in [3.63, 3.8) is 0 Å². The number of nitrogens with one attached hydrogen (secondary N) is 1. The molecule has 0 aliphatic carbocycles. The maximum absolute atomic E-state index is 12.2. The van der Waals surface area contributed by atoms with Crippen LogP contribution in [0, 0.1) is 0 Å². The van der Waals surface area contributed by atoms with Gasteiger partial charge in [0.15, 0.2) is 0 Å². The highest BCUT2D eigenvalue weighted by Gasteiger charge is 2.27. The van der Waals surface area contributed by atoms with Crippen LogP contribution in [0.5, 0.6) is 0 Å². The fraction of sp³-hybridized carbons (Fsp3) is 0.588. The van der Waals surface area contributed by atoms with Crippen molar-refractivity contribution in [3.05, 3.63) is 29.8 Å². The molecule has 0 spiro atoms. The SMILES string of the molecule is CCCC(C)(N)C(=O)Nc1ccc(CN2CCOCC2)cc1. The predicted octanol–water partition coefficient (Wildman–Crippen LogP) is 1.97. The van der Waals surface area contributed by atoms with Gasteiger partial charge in [-0.3, -0.25) is 9.69 Å². The standard InChI is InChI=1S/C17H27N3O2/c1-3-8-17(2,18)16(21)19-15-6-4-14(5-7-15)13-20-9-11-22-12-10-20/h4-7H,3,8-13,18H2,1-2H3,(H,19,21). The van der Waals surface area contributed by atoms with Crippen LogP contribution in [0.4, 0.5) is 5.69 Å². The molecule has 1 aromatic rings. The minimum Gasteiger partial charge on any atom is -0.379 e. The van der Waals surface area contributed by atoms with Gasteiger partial charge in [-0.25, -0.2) is 0 Å². The molecule has 1 saturated heterocycles. The molecule has 122 valence electrons. The summed E-state index contributed by atoms with van der Waals surface area (Å²) in [4.78, 5) is 14.5. The van der Waals surface area contributed by atoms with Crippen molar-refractivity contribution < 1.29 is 9.53 Å². The lowest BCUT2D eigenvalue weighted by molar-refractivity contribution is -0.120. The van der Waals surface area contributed by atoms with Crippen LogP contribution < -0.4 is 11.1 Å². The van der Waals surface area contributed by atoms with Gasteiger partial charge in [0.25, 0.3) is 0 Å². The van der Waals surface area contributed by atoms with Gasteiger partial charge in [-0.05, 0) is 31.0 Å². The number of amides is 1. The van der Waals surface area contributed by atoms with Gasteiger partial charge in [0, 0.05) is 25.3 Å². The Morgan fingerprint density at radius 3 is 2.55 bits per heavy atom. The van der Waals surface area contributed by atoms with E-state index >= 15 is 0 Å². The zero-order chi connectivity index (χ0) is 16.0. The van der Waals surface area contributed by atoms with E-state index in [-0.39, 0.29) is 5.91 Å². The van der Waals surface area contributed by atoms with Crippen LogP contribution in [-0.4, -0.2) is 42.6 Å². The van der Waals surface area contributed by atoms with Gasteiger partial charge in [-0.2, -0.15) is 0 Å². The molecule has 1 amide bonds. The summed E-state index contributed by atoms with van der Waals surface area (Å²) in [6.07, 6.45) is 1.56. The lowest BCUT2D eigenvalue weighted by Crippen LogP contribution is -2.48. The molecule has 1 heterocycles. The quantitative estimate of drug-likeness (QED) is 0.843. The fourth-order valence-corrected chi connectivity index (χ4v) is 2.62. The number of benzene rings is 1. The van der Waals surface area contributed by atoms with Crippen molar-refractivity contribution in [1.82, 2.24) is 4.90 Å². The summed E-state index contributed by atoms with van der Waals surface area (Å²) >= 11 is 0. The molecule has 1 aliphatic heterocycles. The minimum atomic E-state index is -0.818. The van der Waals surface area contributed by atoms with Crippen molar-refractivity contribution in [2.75, 3.05) is 31.6 Å². The van der Waals surface area contributed by atoms with Gasteiger partial charge in [0.1, 0.15) is 0 Å². The first-order valence-corrected chi connectivity index (χ1v) is 8.00. The summed E-state index contributed by atoms with van der Waals surface area (Å²) in [6.45, 7) is 8.28. The number of hydrogen-bond acceptors (Lipinski definition) is 4. The van der Waals surface area contributed by atoms with Gasteiger partial charge in [0.05, 0.1) is 18.8 Å². The van der Waals surface area contributed by atoms with Crippen LogP contribution in [-0.2, 0) is 16.1 Å². The van der Waals surface area contributed by atoms with Crippen LogP contribution in [0.25, 0.3) is 0 Å². The van der Waals surface area contributed by atoms with Crippen LogP contribution in [0.15, 0.2) is 24.3 Å². The Bertz CT molecular complexity index is 479. The smallest absolute Gasteiger partial charge is 0.244 e. The molecule has 3 N–H and O–H groups in total. The van der Waals surface area contributed by atoms with Crippen molar-refractivity contribution >= 4 is 11.6 Å². The number of nitrogens with zero attached hydrogens (tertiary/aromatic N) is 1. The van der Waals surface area contributed by atoms with Gasteiger partial charge >= 0.3 is 0 Å². The Morgan fingerprint density at radius 2 is 1.95 bits per heavy atom. The second-order valence-corrected chi connectivity index (χ2v) is 6.21. The van der Waals surface area contributed by atoms with E-state index in [4.69, 9.17) is 10.5 Å². The predicted molar refractivity (Wildman–Crippen MR) is 88.7 cm³/mol. The monoisotopic (exact) mass is 305 g/mol. The molecule has 0 bridgehead atoms. The maximum atomic E-state index is 12.2. The van der Waals surface area contributed by atoms with Gasteiger partial charge in [0.2, 0.25) is 5.91 Å². The Hall–Kier alpha value is -1.43. The largest absolute Gasteiger partial charge is 0.379 e. The summed E-state index contributed by atoms with van der Waals surface area (Å²) in [6, 6.07) is 7.99. The third kappa shape index (κ3) is 4.80. The number of morpholine rings is 1. The Morgan fingerprint density at radius 1 is 1.32 bits per heavy atom. The first kappa shape index (κ1) is 16.9. The van der Waals surface area contributed by atoms with E-state index < -0.39 is 5.54 Å². The first-order chi connectivity index (χ1) is 10.5. The molecule has 0 radical (unpaired) electrons. The van der Waals surface area contributed by atoms with E-state index in [2.05, 4.69) is 22.3 Å². The molecular weight excluding hydrogens is 278 g/mol. The van der Waals surface area contributed by atoms with Crippen molar-refractivity contribution in [1.29, 1.82) is 0 Å². The molecule has 5 nitrogen and oxygen atoms in total. The van der Waals surface area contributed by atoms with Gasteiger partial charge in [-0.1, -0.05) is 25.5 Å². The van der Waals surface area contributed by atoms with E-state index in [1.807, 2.05) is 19.1 Å². The van der Waals surface area contributed by atoms with Crippen LogP contribution in [0.2, 0.25) is 0 Å². The normalized spacial score (nSPS) is 18.7. The second kappa shape index (κ2) is 7.72. The molecule has 0 saturated carbocycles. The zero-order valence-corrected chi connectivity index (χ0v) is 13.6. The Kier molecular flexibility index (Phi) is 5.94. The number of anilines is 1. The molecule has 1 atom stereocenters. The van der Waals surface area contributed by atoms with Gasteiger partial charge in [-0.15, -0.1) is 0 Å². The molecule has 2 rings (SSSR count). The number of nitrogens with two attached hydrogens (primary N) is 1. The van der Waals surface area contributed by atoms with E-state index in [0.717, 1.165) is 45.0 Å². The van der Waals surface area contributed by atoms with Crippen molar-refractivity contribution in [2.45, 2.75) is 38.8 Å². The molecule has 1 aromatic carbocycles. The average molecular weight is 305 g/mol. The van der Waals surface area contributed by atoms with E-state index in [1.165, 1.54) is 5.56 Å². The molecule has 22 heavy (non-hydrogen) atoms. The summed E-state index contributed by atoms with van der Waals surface area (Å²) in [5, 5.41) is 2.90. The molecule has 1 unspecified atom stereocenters. The van der Waals surface area contributed by atoms with Crippen LogP contribution in [0.3, 0.4) is 0 Å². The fourth-order valence-electron chi connectivity index (χ4n) is 2.62. The van der Waals surface area contributed by atoms with Gasteiger partial charge < -0.3 is 15.8 Å². The van der Waals surface area contributed by atoms with Crippen molar-refractivity contribution in [2.24, 2.45) is 5.73 Å². The average Bonchev–Trinajstić information content (AvgIpc) is 2.50. The summed E-state index contributed by atoms with van der Waals surface area (Å²) < 4.78 is 5.35. The number of ether oxygens (including phenoxy) is 1. The maximum Gasteiger partial charge on any atom is 0.244 e. The number of rotatable bonds is 6. The minimum absolute atomic E-state index is 0.129. The van der Waals surface area contributed by atoms with Crippen LogP contribution >= 0.6 is 0 Å². The van der Waals surface area contributed by atoms with E-state index in [9.17, 15) is 4.79 Å². The lowest BCUT2D eigenvalue weighted by atomic mass is 9.96. The topological polar surface area (TPSA) is 67.6 Å². The van der Waals surface area contributed by atoms with Crippen molar-refractivity contribution in [3.8, 4) is 0 Å². The third-order valence-electron chi connectivity index (χ3n) is 4.01. The molecule has 5 heteroatoms. The lowest BCUT2D eigenvalue weighted by Gasteiger charge is -2.26. The number of hydrogen-bond donors (Lipinski definition) is 2. The number of carbonyl (C=O) groups excluding carboxylic acids is 1. The second-order valence-electron chi connectivity index (χ2n) is 6.21. The van der Waals surface area contributed by atoms with E-state index in [0.29, 0.717) is 6.42 Å². The highest BCUT2D eigenvalue weighted by molar-refractivity contribution is 5.97. The first-order valence-electron chi connectivity index (χ1n) is 8.00. The summed E-state index contributed by atoms with van der Waals surface area (Å²) in [5.41, 5.74) is 7.26. The summed E-state index contributed by atoms with van der Waals surface area (Å²) in [7, 11) is 0. The Balaban J connectivity index is 1.89. The summed E-state index contributed by atoms with van der Waals surface area (Å²) in [5.74, 6) is -0.129.